The second-order valence-corrected chi connectivity index (χ2v) is 6.72. The lowest BCUT2D eigenvalue weighted by Gasteiger charge is -2.20. The highest BCUT2D eigenvalue weighted by Crippen LogP contribution is 2.34. The summed E-state index contributed by atoms with van der Waals surface area (Å²) in [5, 5.41) is 5.30. The molecule has 0 saturated heterocycles. The van der Waals surface area contributed by atoms with Gasteiger partial charge in [0, 0.05) is 18.0 Å². The Labute approximate surface area is 119 Å². The largest absolute Gasteiger partial charge is 0.373 e. The van der Waals surface area contributed by atoms with Crippen LogP contribution in [0.1, 0.15) is 37.7 Å². The molecule has 2 heterocycles. The van der Waals surface area contributed by atoms with E-state index in [9.17, 15) is 0 Å². The molecule has 0 spiro atoms. The molecule has 4 heteroatoms. The molecule has 0 aromatic carbocycles. The first-order chi connectivity index (χ1) is 8.84. The SMILES string of the molecule is CNc1nc(C(C)(C)C)nc(-c2sccc2C)c1C. The third-order valence-electron chi connectivity index (χ3n) is 3.13. The van der Waals surface area contributed by atoms with E-state index < -0.39 is 0 Å². The quantitative estimate of drug-likeness (QED) is 0.894. The van der Waals surface area contributed by atoms with E-state index in [1.807, 2.05) is 7.05 Å². The molecule has 1 N–H and O–H groups in total. The number of hydrogen-bond donors (Lipinski definition) is 1. The van der Waals surface area contributed by atoms with Gasteiger partial charge in [-0.3, -0.25) is 0 Å². The molecule has 2 aromatic rings. The van der Waals surface area contributed by atoms with Gasteiger partial charge in [0.25, 0.3) is 0 Å². The maximum absolute atomic E-state index is 4.81. The fourth-order valence-electron chi connectivity index (χ4n) is 1.93. The Balaban J connectivity index is 2.70. The number of rotatable bonds is 2. The smallest absolute Gasteiger partial charge is 0.136 e. The fraction of sp³-hybridized carbons (Fsp3) is 0.467. The van der Waals surface area contributed by atoms with Crippen molar-refractivity contribution in [2.75, 3.05) is 12.4 Å². The van der Waals surface area contributed by atoms with E-state index in [4.69, 9.17) is 4.98 Å². The van der Waals surface area contributed by atoms with Gasteiger partial charge in [-0.1, -0.05) is 20.8 Å². The maximum Gasteiger partial charge on any atom is 0.136 e. The molecule has 0 radical (unpaired) electrons. The molecular formula is C15H21N3S. The van der Waals surface area contributed by atoms with E-state index in [-0.39, 0.29) is 5.41 Å². The summed E-state index contributed by atoms with van der Waals surface area (Å²) >= 11 is 1.74. The van der Waals surface area contributed by atoms with E-state index >= 15 is 0 Å². The first kappa shape index (κ1) is 14.0. The van der Waals surface area contributed by atoms with Gasteiger partial charge in [0.2, 0.25) is 0 Å². The summed E-state index contributed by atoms with van der Waals surface area (Å²) in [6, 6.07) is 2.14. The van der Waals surface area contributed by atoms with Crippen molar-refractivity contribution in [2.45, 2.75) is 40.0 Å². The van der Waals surface area contributed by atoms with Crippen LogP contribution >= 0.6 is 11.3 Å². The van der Waals surface area contributed by atoms with Crippen LogP contribution in [0.4, 0.5) is 5.82 Å². The first-order valence-corrected chi connectivity index (χ1v) is 7.34. The Morgan fingerprint density at radius 3 is 2.32 bits per heavy atom. The van der Waals surface area contributed by atoms with Gasteiger partial charge in [-0.2, -0.15) is 0 Å². The summed E-state index contributed by atoms with van der Waals surface area (Å²) in [6.45, 7) is 10.6. The molecule has 102 valence electrons. The second-order valence-electron chi connectivity index (χ2n) is 5.80. The summed E-state index contributed by atoms with van der Waals surface area (Å²) in [6.07, 6.45) is 0. The predicted molar refractivity (Wildman–Crippen MR) is 83.1 cm³/mol. The van der Waals surface area contributed by atoms with Crippen LogP contribution in [0.15, 0.2) is 11.4 Å². The van der Waals surface area contributed by atoms with E-state index in [1.54, 1.807) is 11.3 Å². The fourth-order valence-corrected chi connectivity index (χ4v) is 2.90. The Morgan fingerprint density at radius 1 is 1.16 bits per heavy atom. The molecule has 3 nitrogen and oxygen atoms in total. The van der Waals surface area contributed by atoms with Crippen LogP contribution in [0.25, 0.3) is 10.6 Å². The number of aryl methyl sites for hydroxylation is 1. The molecule has 0 aliphatic heterocycles. The molecule has 2 aromatic heterocycles. The molecule has 0 fully saturated rings. The van der Waals surface area contributed by atoms with E-state index in [2.05, 4.69) is 56.4 Å². The minimum Gasteiger partial charge on any atom is -0.373 e. The third kappa shape index (κ3) is 2.63. The van der Waals surface area contributed by atoms with E-state index in [0.717, 1.165) is 22.9 Å². The van der Waals surface area contributed by atoms with Crippen LogP contribution in [-0.2, 0) is 5.41 Å². The lowest BCUT2D eigenvalue weighted by Crippen LogP contribution is -2.18. The first-order valence-electron chi connectivity index (χ1n) is 6.46. The van der Waals surface area contributed by atoms with Crippen molar-refractivity contribution in [3.63, 3.8) is 0 Å². The average Bonchev–Trinajstić information content (AvgIpc) is 2.74. The van der Waals surface area contributed by atoms with Gasteiger partial charge in [-0.05, 0) is 30.9 Å². The predicted octanol–water partition coefficient (Wildman–Crippen LogP) is 4.16. The highest BCUT2D eigenvalue weighted by molar-refractivity contribution is 7.13. The molecular weight excluding hydrogens is 254 g/mol. The van der Waals surface area contributed by atoms with Gasteiger partial charge < -0.3 is 5.32 Å². The third-order valence-corrected chi connectivity index (χ3v) is 4.15. The Morgan fingerprint density at radius 2 is 1.84 bits per heavy atom. The van der Waals surface area contributed by atoms with Crippen molar-refractivity contribution in [1.29, 1.82) is 0 Å². The van der Waals surface area contributed by atoms with Crippen molar-refractivity contribution in [3.05, 3.63) is 28.4 Å². The van der Waals surface area contributed by atoms with E-state index in [1.165, 1.54) is 10.4 Å². The number of aromatic nitrogens is 2. The lowest BCUT2D eigenvalue weighted by molar-refractivity contribution is 0.546. The van der Waals surface area contributed by atoms with Gasteiger partial charge in [0.1, 0.15) is 11.6 Å². The van der Waals surface area contributed by atoms with Crippen LogP contribution in [0.3, 0.4) is 0 Å². The number of hydrogen-bond acceptors (Lipinski definition) is 4. The molecule has 0 bridgehead atoms. The van der Waals surface area contributed by atoms with Gasteiger partial charge in [-0.25, -0.2) is 9.97 Å². The summed E-state index contributed by atoms with van der Waals surface area (Å²) in [4.78, 5) is 10.7. The lowest BCUT2D eigenvalue weighted by atomic mass is 9.95. The molecule has 2 rings (SSSR count). The summed E-state index contributed by atoms with van der Waals surface area (Å²) in [7, 11) is 1.91. The number of thiophene rings is 1. The number of anilines is 1. The standard InChI is InChI=1S/C15H21N3S/c1-9-7-8-19-12(9)11-10(2)13(16-6)18-14(17-11)15(3,4)5/h7-8H,1-6H3,(H,16,17,18). The van der Waals surface area contributed by atoms with Gasteiger partial charge in [0.15, 0.2) is 0 Å². The van der Waals surface area contributed by atoms with Crippen molar-refractivity contribution in [3.8, 4) is 10.6 Å². The monoisotopic (exact) mass is 275 g/mol. The van der Waals surface area contributed by atoms with Gasteiger partial charge in [0.05, 0.1) is 10.6 Å². The summed E-state index contributed by atoms with van der Waals surface area (Å²) in [5.41, 5.74) is 3.38. The van der Waals surface area contributed by atoms with Crippen molar-refractivity contribution >= 4 is 17.2 Å². The molecule has 0 aliphatic rings. The zero-order valence-electron chi connectivity index (χ0n) is 12.5. The molecule has 0 amide bonds. The summed E-state index contributed by atoms with van der Waals surface area (Å²) < 4.78 is 0. The topological polar surface area (TPSA) is 37.8 Å². The molecule has 0 unspecified atom stereocenters. The van der Waals surface area contributed by atoms with Crippen molar-refractivity contribution < 1.29 is 0 Å². The molecule has 19 heavy (non-hydrogen) atoms. The maximum atomic E-state index is 4.81. The number of nitrogens with zero attached hydrogens (tertiary/aromatic N) is 2. The Kier molecular flexibility index (Phi) is 3.63. The Hall–Kier alpha value is -1.42. The van der Waals surface area contributed by atoms with Crippen molar-refractivity contribution in [1.82, 2.24) is 9.97 Å². The van der Waals surface area contributed by atoms with Crippen LogP contribution in [0.5, 0.6) is 0 Å². The molecule has 0 atom stereocenters. The molecule has 0 aliphatic carbocycles. The summed E-state index contributed by atoms with van der Waals surface area (Å²) in [5.74, 6) is 1.80. The second kappa shape index (κ2) is 4.93. The zero-order chi connectivity index (χ0) is 14.2. The van der Waals surface area contributed by atoms with Crippen LogP contribution in [-0.4, -0.2) is 17.0 Å². The van der Waals surface area contributed by atoms with Crippen LogP contribution in [0.2, 0.25) is 0 Å². The van der Waals surface area contributed by atoms with Crippen molar-refractivity contribution in [2.24, 2.45) is 0 Å². The molecule has 0 saturated carbocycles. The normalized spacial score (nSPS) is 11.7. The van der Waals surface area contributed by atoms with Crippen LogP contribution < -0.4 is 5.32 Å². The van der Waals surface area contributed by atoms with E-state index in [0.29, 0.717) is 0 Å². The highest BCUT2D eigenvalue weighted by atomic mass is 32.1. The Bertz CT molecular complexity index is 594. The van der Waals surface area contributed by atoms with Gasteiger partial charge in [-0.15, -0.1) is 11.3 Å². The van der Waals surface area contributed by atoms with Crippen LogP contribution in [0, 0.1) is 13.8 Å². The average molecular weight is 275 g/mol. The number of nitrogens with one attached hydrogen (secondary N) is 1. The minimum absolute atomic E-state index is 0.0563. The highest BCUT2D eigenvalue weighted by Gasteiger charge is 2.22. The minimum atomic E-state index is -0.0563. The zero-order valence-corrected chi connectivity index (χ0v) is 13.3. The van der Waals surface area contributed by atoms with Gasteiger partial charge >= 0.3 is 0 Å².